The maximum Gasteiger partial charge on any atom is 0.411 e. The number of hydrogen-bond donors (Lipinski definition) is 0. The van der Waals surface area contributed by atoms with E-state index in [-0.39, 0.29) is 18.2 Å². The van der Waals surface area contributed by atoms with E-state index in [1.54, 1.807) is 4.90 Å². The summed E-state index contributed by atoms with van der Waals surface area (Å²) in [7, 11) is 0. The molecule has 2 aliphatic rings. The van der Waals surface area contributed by atoms with E-state index in [4.69, 9.17) is 14.7 Å². The molecule has 0 radical (unpaired) electrons. The van der Waals surface area contributed by atoms with Crippen LogP contribution >= 0.6 is 0 Å². The summed E-state index contributed by atoms with van der Waals surface area (Å²) in [6.07, 6.45) is 1.91. The minimum absolute atomic E-state index is 0.00167. The Morgan fingerprint density at radius 1 is 1.56 bits per heavy atom. The predicted octanol–water partition coefficient (Wildman–Crippen LogP) is 1.84. The summed E-state index contributed by atoms with van der Waals surface area (Å²) < 4.78 is 10.8. The zero-order valence-electron chi connectivity index (χ0n) is 11.0. The third kappa shape index (κ3) is 2.49. The summed E-state index contributed by atoms with van der Waals surface area (Å²) in [4.78, 5) is 13.9. The van der Waals surface area contributed by atoms with E-state index < -0.39 is 5.60 Å². The number of amides is 1. The fourth-order valence-corrected chi connectivity index (χ4v) is 2.41. The molecular formula is C13H18N2O3. The summed E-state index contributed by atoms with van der Waals surface area (Å²) in [5.41, 5.74) is 0.458. The molecule has 2 aliphatic heterocycles. The Morgan fingerprint density at radius 2 is 2.28 bits per heavy atom. The highest BCUT2D eigenvalue weighted by Crippen LogP contribution is 2.34. The second kappa shape index (κ2) is 4.62. The van der Waals surface area contributed by atoms with Gasteiger partial charge in [0.2, 0.25) is 0 Å². The molecule has 0 aromatic rings. The molecule has 0 spiro atoms. The number of allylic oxidation sites excluding steroid dienone is 1. The van der Waals surface area contributed by atoms with Crippen LogP contribution in [0.2, 0.25) is 0 Å². The molecule has 5 nitrogen and oxygen atoms in total. The normalized spacial score (nSPS) is 29.2. The second-order valence-corrected chi connectivity index (χ2v) is 5.65. The molecule has 2 saturated heterocycles. The lowest BCUT2D eigenvalue weighted by Crippen LogP contribution is -2.51. The highest BCUT2D eigenvalue weighted by Gasteiger charge is 2.45. The van der Waals surface area contributed by atoms with Crippen LogP contribution in [0.1, 0.15) is 27.2 Å². The molecule has 0 N–H and O–H groups in total. The summed E-state index contributed by atoms with van der Waals surface area (Å²) in [5.74, 6) is 0. The van der Waals surface area contributed by atoms with Crippen molar-refractivity contribution in [1.82, 2.24) is 4.90 Å². The van der Waals surface area contributed by atoms with Crippen LogP contribution < -0.4 is 0 Å². The van der Waals surface area contributed by atoms with Gasteiger partial charge < -0.3 is 9.47 Å². The molecule has 0 aromatic carbocycles. The molecule has 1 amide bonds. The standard InChI is InChI=1S/C13H18N2O3/c1-13(2,3)18-12(16)15-10-6-9(4-5-14)11(15)8-17-7-10/h4,10-11H,6-8H2,1-3H3. The van der Waals surface area contributed by atoms with Gasteiger partial charge in [0.15, 0.2) is 0 Å². The largest absolute Gasteiger partial charge is 0.444 e. The molecule has 2 unspecified atom stereocenters. The lowest BCUT2D eigenvalue weighted by Gasteiger charge is -2.35. The highest BCUT2D eigenvalue weighted by molar-refractivity contribution is 5.71. The number of nitriles is 1. The molecule has 2 rings (SSSR count). The fraction of sp³-hybridized carbons (Fsp3) is 0.692. The van der Waals surface area contributed by atoms with E-state index in [1.807, 2.05) is 26.8 Å². The van der Waals surface area contributed by atoms with E-state index in [0.29, 0.717) is 19.6 Å². The van der Waals surface area contributed by atoms with Gasteiger partial charge in [-0.1, -0.05) is 0 Å². The number of hydrogen-bond acceptors (Lipinski definition) is 4. The lowest BCUT2D eigenvalue weighted by molar-refractivity contribution is -0.0340. The molecule has 2 heterocycles. The van der Waals surface area contributed by atoms with Crippen molar-refractivity contribution >= 4 is 6.09 Å². The van der Waals surface area contributed by atoms with E-state index in [9.17, 15) is 4.79 Å². The van der Waals surface area contributed by atoms with Gasteiger partial charge in [0.1, 0.15) is 5.60 Å². The molecule has 98 valence electrons. The minimum Gasteiger partial charge on any atom is -0.444 e. The number of fused-ring (bicyclic) bond motifs is 2. The van der Waals surface area contributed by atoms with E-state index in [1.165, 1.54) is 6.08 Å². The van der Waals surface area contributed by atoms with Gasteiger partial charge in [-0.3, -0.25) is 4.90 Å². The Labute approximate surface area is 107 Å². The Kier molecular flexibility index (Phi) is 3.31. The van der Waals surface area contributed by atoms with Crippen LogP contribution in [-0.4, -0.2) is 41.9 Å². The van der Waals surface area contributed by atoms with Crippen molar-refractivity contribution in [2.75, 3.05) is 13.2 Å². The minimum atomic E-state index is -0.506. The van der Waals surface area contributed by atoms with Crippen molar-refractivity contribution in [2.24, 2.45) is 0 Å². The number of morpholine rings is 1. The molecule has 0 saturated carbocycles. The van der Waals surface area contributed by atoms with Crippen molar-refractivity contribution in [3.63, 3.8) is 0 Å². The van der Waals surface area contributed by atoms with Crippen molar-refractivity contribution in [2.45, 2.75) is 44.9 Å². The molecule has 0 aromatic heterocycles. The summed E-state index contributed by atoms with van der Waals surface area (Å²) in [5, 5.41) is 8.76. The van der Waals surface area contributed by atoms with Crippen LogP contribution in [-0.2, 0) is 9.47 Å². The van der Waals surface area contributed by atoms with Crippen LogP contribution in [0.3, 0.4) is 0 Å². The van der Waals surface area contributed by atoms with Crippen LogP contribution in [0.25, 0.3) is 0 Å². The second-order valence-electron chi connectivity index (χ2n) is 5.65. The number of nitrogens with zero attached hydrogens (tertiary/aromatic N) is 2. The van der Waals surface area contributed by atoms with Gasteiger partial charge in [-0.15, -0.1) is 0 Å². The smallest absolute Gasteiger partial charge is 0.411 e. The van der Waals surface area contributed by atoms with Crippen LogP contribution in [0.4, 0.5) is 4.79 Å². The first-order valence-electron chi connectivity index (χ1n) is 6.10. The van der Waals surface area contributed by atoms with Crippen LogP contribution in [0.15, 0.2) is 11.6 Å². The quantitative estimate of drug-likeness (QED) is 0.615. The van der Waals surface area contributed by atoms with Crippen LogP contribution in [0.5, 0.6) is 0 Å². The van der Waals surface area contributed by atoms with Gasteiger partial charge in [-0.05, 0) is 32.8 Å². The van der Waals surface area contributed by atoms with Gasteiger partial charge >= 0.3 is 6.09 Å². The Bertz CT molecular complexity index is 417. The molecule has 0 aliphatic carbocycles. The average Bonchev–Trinajstić information content (AvgIpc) is 2.45. The van der Waals surface area contributed by atoms with Gasteiger partial charge in [-0.25, -0.2) is 4.79 Å². The van der Waals surface area contributed by atoms with E-state index in [2.05, 4.69) is 0 Å². The van der Waals surface area contributed by atoms with E-state index >= 15 is 0 Å². The van der Waals surface area contributed by atoms with E-state index in [0.717, 1.165) is 5.57 Å². The summed E-state index contributed by atoms with van der Waals surface area (Å²) in [6.45, 7) is 6.50. The van der Waals surface area contributed by atoms with Crippen molar-refractivity contribution in [1.29, 1.82) is 5.26 Å². The first kappa shape index (κ1) is 12.9. The molecule has 5 heteroatoms. The Hall–Kier alpha value is -1.54. The molecule has 2 bridgehead atoms. The topological polar surface area (TPSA) is 62.6 Å². The van der Waals surface area contributed by atoms with Crippen molar-refractivity contribution in [3.8, 4) is 6.07 Å². The van der Waals surface area contributed by atoms with Crippen molar-refractivity contribution in [3.05, 3.63) is 11.6 Å². The van der Waals surface area contributed by atoms with Gasteiger partial charge in [0, 0.05) is 6.08 Å². The Balaban J connectivity index is 2.17. The molecule has 2 atom stereocenters. The molecular weight excluding hydrogens is 232 g/mol. The van der Waals surface area contributed by atoms with Gasteiger partial charge in [-0.2, -0.15) is 5.26 Å². The number of rotatable bonds is 0. The predicted molar refractivity (Wildman–Crippen MR) is 64.8 cm³/mol. The summed E-state index contributed by atoms with van der Waals surface area (Å²) in [6, 6.07) is 1.89. The first-order valence-corrected chi connectivity index (χ1v) is 6.10. The van der Waals surface area contributed by atoms with Gasteiger partial charge in [0.05, 0.1) is 31.4 Å². The summed E-state index contributed by atoms with van der Waals surface area (Å²) >= 11 is 0. The number of carbonyl (C=O) groups excluding carboxylic acids is 1. The highest BCUT2D eigenvalue weighted by atomic mass is 16.6. The fourth-order valence-electron chi connectivity index (χ4n) is 2.41. The third-order valence-electron chi connectivity index (χ3n) is 3.07. The lowest BCUT2D eigenvalue weighted by atomic mass is 10.1. The van der Waals surface area contributed by atoms with Crippen LogP contribution in [0, 0.1) is 11.3 Å². The number of ether oxygens (including phenoxy) is 2. The maximum absolute atomic E-state index is 12.2. The molecule has 2 fully saturated rings. The zero-order chi connectivity index (χ0) is 13.3. The maximum atomic E-state index is 12.2. The number of carbonyl (C=O) groups is 1. The Morgan fingerprint density at radius 3 is 2.89 bits per heavy atom. The monoisotopic (exact) mass is 250 g/mol. The van der Waals surface area contributed by atoms with Gasteiger partial charge in [0.25, 0.3) is 0 Å². The first-order chi connectivity index (χ1) is 8.42. The molecule has 18 heavy (non-hydrogen) atoms. The third-order valence-corrected chi connectivity index (χ3v) is 3.07. The average molecular weight is 250 g/mol. The zero-order valence-corrected chi connectivity index (χ0v) is 11.0. The van der Waals surface area contributed by atoms with Crippen molar-refractivity contribution < 1.29 is 14.3 Å². The SMILES string of the molecule is CC(C)(C)OC(=O)N1C2COCC1C(=CC#N)C2.